The zero-order valence-corrected chi connectivity index (χ0v) is 19.2. The number of methoxy groups -OCH3 is 1. The van der Waals surface area contributed by atoms with E-state index in [9.17, 15) is 4.79 Å². The van der Waals surface area contributed by atoms with Gasteiger partial charge in [-0.05, 0) is 36.4 Å². The Morgan fingerprint density at radius 1 is 1.03 bits per heavy atom. The number of nitrogens with zero attached hydrogens (tertiary/aromatic N) is 7. The number of rotatable bonds is 6. The molecule has 1 amide bonds. The van der Waals surface area contributed by atoms with Crippen molar-refractivity contribution in [1.82, 2.24) is 29.9 Å². The van der Waals surface area contributed by atoms with Gasteiger partial charge < -0.3 is 19.3 Å². The number of benzene rings is 2. The predicted octanol–water partition coefficient (Wildman–Crippen LogP) is 2.60. The molecule has 10 nitrogen and oxygen atoms in total. The van der Waals surface area contributed by atoms with Crippen molar-refractivity contribution in [3.63, 3.8) is 0 Å². The highest BCUT2D eigenvalue weighted by atomic mass is 35.5. The van der Waals surface area contributed by atoms with Crippen molar-refractivity contribution in [2.75, 3.05) is 44.8 Å². The van der Waals surface area contributed by atoms with Gasteiger partial charge in [0, 0.05) is 37.3 Å². The first-order valence-corrected chi connectivity index (χ1v) is 11.1. The lowest BCUT2D eigenvalue weighted by molar-refractivity contribution is -0.133. The number of carbonyl (C=O) groups excluding carboxylic acids is 1. The van der Waals surface area contributed by atoms with E-state index < -0.39 is 0 Å². The monoisotopic (exact) mass is 479 g/mol. The molecule has 0 radical (unpaired) electrons. The summed E-state index contributed by atoms with van der Waals surface area (Å²) in [6.07, 6.45) is 1.51. The number of hydrogen-bond donors (Lipinski definition) is 0. The predicted molar refractivity (Wildman–Crippen MR) is 127 cm³/mol. The Hall–Kier alpha value is -3.92. The highest BCUT2D eigenvalue weighted by molar-refractivity contribution is 6.30. The summed E-state index contributed by atoms with van der Waals surface area (Å²) in [4.78, 5) is 25.4. The summed E-state index contributed by atoms with van der Waals surface area (Å²) in [6, 6.07) is 14.5. The third-order valence-electron chi connectivity index (χ3n) is 5.63. The van der Waals surface area contributed by atoms with Gasteiger partial charge in [0.25, 0.3) is 5.91 Å². The van der Waals surface area contributed by atoms with E-state index in [4.69, 9.17) is 21.1 Å². The molecule has 5 rings (SSSR count). The Morgan fingerprint density at radius 2 is 1.79 bits per heavy atom. The fraction of sp³-hybridized carbons (Fsp3) is 0.261. The first-order valence-electron chi connectivity index (χ1n) is 10.7. The number of halogens is 1. The van der Waals surface area contributed by atoms with Gasteiger partial charge in [0.2, 0.25) is 0 Å². The van der Waals surface area contributed by atoms with Crippen LogP contribution in [-0.4, -0.2) is 75.7 Å². The van der Waals surface area contributed by atoms with Crippen molar-refractivity contribution in [3.05, 3.63) is 59.9 Å². The average molecular weight is 480 g/mol. The molecule has 0 unspecified atom stereocenters. The lowest BCUT2D eigenvalue weighted by atomic mass is 10.3. The zero-order chi connectivity index (χ0) is 23.5. The van der Waals surface area contributed by atoms with Crippen molar-refractivity contribution >= 4 is 34.5 Å². The summed E-state index contributed by atoms with van der Waals surface area (Å²) >= 11 is 6.00. The Balaban J connectivity index is 1.24. The summed E-state index contributed by atoms with van der Waals surface area (Å²) in [5.41, 5.74) is 2.03. The van der Waals surface area contributed by atoms with Gasteiger partial charge in [0.05, 0.1) is 12.8 Å². The highest BCUT2D eigenvalue weighted by Gasteiger charge is 2.25. The molecule has 1 saturated heterocycles. The van der Waals surface area contributed by atoms with E-state index >= 15 is 0 Å². The van der Waals surface area contributed by atoms with Crippen LogP contribution in [0.1, 0.15) is 0 Å². The maximum Gasteiger partial charge on any atom is 0.260 e. The van der Waals surface area contributed by atoms with Crippen molar-refractivity contribution < 1.29 is 14.3 Å². The molecule has 34 heavy (non-hydrogen) atoms. The van der Waals surface area contributed by atoms with Crippen molar-refractivity contribution in [2.24, 2.45) is 0 Å². The normalized spacial score (nSPS) is 13.8. The largest absolute Gasteiger partial charge is 0.497 e. The number of hydrogen-bond acceptors (Lipinski definition) is 8. The highest BCUT2D eigenvalue weighted by Crippen LogP contribution is 2.24. The summed E-state index contributed by atoms with van der Waals surface area (Å²) in [5, 5.41) is 9.23. The van der Waals surface area contributed by atoms with Crippen LogP contribution in [-0.2, 0) is 4.79 Å². The molecular formula is C23H22ClN7O3. The van der Waals surface area contributed by atoms with Crippen molar-refractivity contribution in [3.8, 4) is 17.2 Å². The molecule has 0 N–H and O–H groups in total. The first-order chi connectivity index (χ1) is 16.6. The number of fused-ring (bicyclic) bond motifs is 1. The Kier molecular flexibility index (Phi) is 6.13. The molecule has 1 aliphatic heterocycles. The minimum Gasteiger partial charge on any atom is -0.497 e. The van der Waals surface area contributed by atoms with E-state index in [1.807, 2.05) is 24.3 Å². The molecule has 2 aromatic heterocycles. The lowest BCUT2D eigenvalue weighted by Crippen LogP contribution is -2.50. The van der Waals surface area contributed by atoms with Crippen LogP contribution in [0.5, 0.6) is 11.5 Å². The molecule has 2 aromatic carbocycles. The van der Waals surface area contributed by atoms with Crippen molar-refractivity contribution in [1.29, 1.82) is 0 Å². The molecule has 174 valence electrons. The Labute approximate surface area is 200 Å². The molecule has 1 aliphatic rings. The van der Waals surface area contributed by atoms with Crippen LogP contribution in [0.4, 0.5) is 5.82 Å². The molecule has 4 aromatic rings. The number of carbonyl (C=O) groups is 1. The number of ether oxygens (including phenoxy) is 2. The molecule has 0 atom stereocenters. The van der Waals surface area contributed by atoms with E-state index in [0.717, 1.165) is 5.69 Å². The van der Waals surface area contributed by atoms with Crippen LogP contribution in [0.2, 0.25) is 5.02 Å². The molecule has 0 spiro atoms. The smallest absolute Gasteiger partial charge is 0.260 e. The molecule has 0 bridgehead atoms. The molecule has 11 heteroatoms. The quantitative estimate of drug-likeness (QED) is 0.416. The summed E-state index contributed by atoms with van der Waals surface area (Å²) < 4.78 is 12.5. The summed E-state index contributed by atoms with van der Waals surface area (Å²) in [5.74, 6) is 1.91. The second-order valence-electron chi connectivity index (χ2n) is 7.68. The van der Waals surface area contributed by atoms with Gasteiger partial charge in [-0.15, -0.1) is 5.10 Å². The molecular weight excluding hydrogens is 458 g/mol. The van der Waals surface area contributed by atoms with E-state index in [-0.39, 0.29) is 12.5 Å². The van der Waals surface area contributed by atoms with Crippen LogP contribution in [0.3, 0.4) is 0 Å². The number of aromatic nitrogens is 5. The van der Waals surface area contributed by atoms with Gasteiger partial charge in [-0.25, -0.2) is 9.97 Å². The third-order valence-corrected chi connectivity index (χ3v) is 5.88. The zero-order valence-electron chi connectivity index (χ0n) is 18.5. The second kappa shape index (κ2) is 9.52. The lowest BCUT2D eigenvalue weighted by Gasteiger charge is -2.35. The first kappa shape index (κ1) is 21.9. The van der Waals surface area contributed by atoms with Gasteiger partial charge in [-0.3, -0.25) is 4.79 Å². The minimum atomic E-state index is -0.0658. The van der Waals surface area contributed by atoms with Gasteiger partial charge in [0.1, 0.15) is 17.8 Å². The van der Waals surface area contributed by atoms with Crippen LogP contribution < -0.4 is 14.4 Å². The Bertz CT molecular complexity index is 1300. The number of anilines is 1. The maximum absolute atomic E-state index is 12.7. The van der Waals surface area contributed by atoms with Crippen LogP contribution >= 0.6 is 11.6 Å². The Morgan fingerprint density at radius 3 is 2.56 bits per heavy atom. The SMILES string of the molecule is COc1cccc(OCC(=O)N2CCN(c3ncnc4c3nnn4-c3ccc(Cl)cc3)CC2)c1. The second-order valence-corrected chi connectivity index (χ2v) is 8.12. The van der Waals surface area contributed by atoms with E-state index in [1.54, 1.807) is 41.0 Å². The van der Waals surface area contributed by atoms with E-state index in [2.05, 4.69) is 25.2 Å². The fourth-order valence-electron chi connectivity index (χ4n) is 3.82. The maximum atomic E-state index is 12.7. The van der Waals surface area contributed by atoms with Gasteiger partial charge in [-0.1, -0.05) is 22.9 Å². The molecule has 3 heterocycles. The van der Waals surface area contributed by atoms with Crippen LogP contribution in [0.15, 0.2) is 54.9 Å². The topological polar surface area (TPSA) is 98.5 Å². The van der Waals surface area contributed by atoms with Crippen LogP contribution in [0.25, 0.3) is 16.9 Å². The van der Waals surface area contributed by atoms with Gasteiger partial charge >= 0.3 is 0 Å². The van der Waals surface area contributed by atoms with E-state index in [0.29, 0.717) is 59.7 Å². The molecule has 0 aliphatic carbocycles. The summed E-state index contributed by atoms with van der Waals surface area (Å²) in [6.45, 7) is 2.31. The third kappa shape index (κ3) is 4.44. The van der Waals surface area contributed by atoms with E-state index in [1.165, 1.54) is 6.33 Å². The van der Waals surface area contributed by atoms with Gasteiger partial charge in [0.15, 0.2) is 23.6 Å². The average Bonchev–Trinajstić information content (AvgIpc) is 3.32. The standard InChI is InChI=1S/C23H22ClN7O3/c1-33-18-3-2-4-19(13-18)34-14-20(32)29-9-11-30(12-10-29)22-21-23(26-15-25-22)31(28-27-21)17-7-5-16(24)6-8-17/h2-8,13,15H,9-12,14H2,1H3. The van der Waals surface area contributed by atoms with Crippen molar-refractivity contribution in [2.45, 2.75) is 0 Å². The van der Waals surface area contributed by atoms with Crippen LogP contribution in [0, 0.1) is 0 Å². The summed E-state index contributed by atoms with van der Waals surface area (Å²) in [7, 11) is 1.59. The minimum absolute atomic E-state index is 0.0274. The number of amides is 1. The van der Waals surface area contributed by atoms with Gasteiger partial charge in [-0.2, -0.15) is 4.68 Å². The fourth-order valence-corrected chi connectivity index (χ4v) is 3.95. The number of piperazine rings is 1. The molecule has 0 saturated carbocycles. The molecule has 1 fully saturated rings.